The minimum absolute atomic E-state index is 0.271. The van der Waals surface area contributed by atoms with Gasteiger partial charge in [-0.3, -0.25) is 9.10 Å². The van der Waals surface area contributed by atoms with E-state index < -0.39 is 16.1 Å². The summed E-state index contributed by atoms with van der Waals surface area (Å²) in [6.07, 6.45) is 1.83. The van der Waals surface area contributed by atoms with Crippen LogP contribution in [0.4, 0.5) is 5.69 Å². The van der Waals surface area contributed by atoms with Crippen LogP contribution in [0, 0.1) is 0 Å². The summed E-state index contributed by atoms with van der Waals surface area (Å²) in [7, 11) is 1.69. The number of benzene rings is 1. The Kier molecular flexibility index (Phi) is 7.98. The average molecular weight is 392 g/mol. The largest absolute Gasteiger partial charge is 0.495 e. The second-order valence-electron chi connectivity index (χ2n) is 6.00. The van der Waals surface area contributed by atoms with Crippen LogP contribution in [0.5, 0.6) is 5.75 Å². The highest BCUT2D eigenvalue weighted by atomic mass is 35.5. The predicted octanol–water partition coefficient (Wildman–Crippen LogP) is 1.57. The van der Waals surface area contributed by atoms with Gasteiger partial charge in [0.1, 0.15) is 11.8 Å². The molecule has 0 aliphatic rings. The molecule has 0 saturated carbocycles. The Hall–Kier alpha value is -1.51. The molecular weight excluding hydrogens is 366 g/mol. The lowest BCUT2D eigenvalue weighted by Gasteiger charge is -2.28. The molecule has 25 heavy (non-hydrogen) atoms. The maximum atomic E-state index is 12.4. The van der Waals surface area contributed by atoms with Crippen molar-refractivity contribution in [3.8, 4) is 5.75 Å². The molecule has 9 heteroatoms. The highest BCUT2D eigenvalue weighted by molar-refractivity contribution is 7.92. The second kappa shape index (κ2) is 9.26. The number of nitrogens with one attached hydrogen (secondary N) is 1. The van der Waals surface area contributed by atoms with E-state index in [4.69, 9.17) is 16.3 Å². The molecule has 1 amide bonds. The molecule has 0 spiro atoms. The number of hydrogen-bond acceptors (Lipinski definition) is 5. The Morgan fingerprint density at radius 1 is 1.36 bits per heavy atom. The zero-order valence-electron chi connectivity index (χ0n) is 15.2. The summed E-state index contributed by atoms with van der Waals surface area (Å²) < 4.78 is 30.6. The fourth-order valence-electron chi connectivity index (χ4n) is 2.36. The van der Waals surface area contributed by atoms with E-state index in [0.29, 0.717) is 18.0 Å². The third kappa shape index (κ3) is 6.37. The standard InChI is InChI=1S/C16H26ClN3O4S/c1-12(16(21)18-9-6-10-19(2)3)20(25(5,22)23)13-7-8-15(24-4)14(17)11-13/h7-8,11-12H,6,9-10H2,1-5H3,(H,18,21)/t12-/m0/s1. The van der Waals surface area contributed by atoms with Gasteiger partial charge in [-0.2, -0.15) is 0 Å². The van der Waals surface area contributed by atoms with Gasteiger partial charge in [0.2, 0.25) is 15.9 Å². The first-order valence-corrected chi connectivity index (χ1v) is 10.1. The molecule has 0 aromatic heterocycles. The maximum Gasteiger partial charge on any atom is 0.243 e. The zero-order chi connectivity index (χ0) is 19.2. The summed E-state index contributed by atoms with van der Waals surface area (Å²) in [6, 6.07) is 3.69. The number of carbonyl (C=O) groups is 1. The Bertz CT molecular complexity index is 695. The van der Waals surface area contributed by atoms with Crippen molar-refractivity contribution in [1.29, 1.82) is 0 Å². The number of ether oxygens (including phenoxy) is 1. The molecule has 0 radical (unpaired) electrons. The van der Waals surface area contributed by atoms with Crippen LogP contribution in [0.25, 0.3) is 0 Å². The molecule has 0 aliphatic carbocycles. The van der Waals surface area contributed by atoms with Crippen LogP contribution < -0.4 is 14.4 Å². The topological polar surface area (TPSA) is 79.0 Å². The highest BCUT2D eigenvalue weighted by Gasteiger charge is 2.29. The van der Waals surface area contributed by atoms with E-state index in [1.54, 1.807) is 19.1 Å². The molecular formula is C16H26ClN3O4S. The summed E-state index contributed by atoms with van der Waals surface area (Å²) in [4.78, 5) is 14.4. The minimum atomic E-state index is -3.68. The van der Waals surface area contributed by atoms with Crippen LogP contribution >= 0.6 is 11.6 Å². The number of anilines is 1. The zero-order valence-corrected chi connectivity index (χ0v) is 16.8. The quantitative estimate of drug-likeness (QED) is 0.646. The van der Waals surface area contributed by atoms with Crippen LogP contribution in [0.15, 0.2) is 18.2 Å². The molecule has 1 N–H and O–H groups in total. The van der Waals surface area contributed by atoms with E-state index in [0.717, 1.165) is 23.5 Å². The van der Waals surface area contributed by atoms with Gasteiger partial charge >= 0.3 is 0 Å². The first-order chi connectivity index (χ1) is 11.6. The molecule has 0 unspecified atom stereocenters. The van der Waals surface area contributed by atoms with Gasteiger partial charge in [0.05, 0.1) is 24.1 Å². The normalized spacial score (nSPS) is 12.8. The van der Waals surface area contributed by atoms with Crippen LogP contribution in [-0.4, -0.2) is 65.8 Å². The smallest absolute Gasteiger partial charge is 0.243 e. The van der Waals surface area contributed by atoms with Crippen molar-refractivity contribution in [2.75, 3.05) is 44.9 Å². The number of sulfonamides is 1. The summed E-state index contributed by atoms with van der Waals surface area (Å²) in [5.74, 6) is 0.0655. The lowest BCUT2D eigenvalue weighted by molar-refractivity contribution is -0.121. The monoisotopic (exact) mass is 391 g/mol. The third-order valence-corrected chi connectivity index (χ3v) is 5.10. The number of carbonyl (C=O) groups excluding carboxylic acids is 1. The summed E-state index contributed by atoms with van der Waals surface area (Å²) >= 11 is 6.09. The van der Waals surface area contributed by atoms with Crippen LogP contribution in [-0.2, 0) is 14.8 Å². The SMILES string of the molecule is COc1ccc(N([C@@H](C)C(=O)NCCCN(C)C)S(C)(=O)=O)cc1Cl. The number of rotatable bonds is 9. The fourth-order valence-corrected chi connectivity index (χ4v) is 3.77. The van der Waals surface area contributed by atoms with Gasteiger partial charge in [0, 0.05) is 6.54 Å². The number of methoxy groups -OCH3 is 1. The van der Waals surface area contributed by atoms with E-state index >= 15 is 0 Å². The van der Waals surface area contributed by atoms with Gasteiger partial charge in [-0.25, -0.2) is 8.42 Å². The minimum Gasteiger partial charge on any atom is -0.495 e. The molecule has 0 aliphatic heterocycles. The Morgan fingerprint density at radius 2 is 2.00 bits per heavy atom. The lowest BCUT2D eigenvalue weighted by Crippen LogP contribution is -2.48. The van der Waals surface area contributed by atoms with Crippen molar-refractivity contribution in [1.82, 2.24) is 10.2 Å². The van der Waals surface area contributed by atoms with Gasteiger partial charge in [0.25, 0.3) is 0 Å². The molecule has 1 aromatic carbocycles. The molecule has 7 nitrogen and oxygen atoms in total. The van der Waals surface area contributed by atoms with Gasteiger partial charge in [-0.15, -0.1) is 0 Å². The first kappa shape index (κ1) is 21.5. The second-order valence-corrected chi connectivity index (χ2v) is 8.27. The molecule has 0 bridgehead atoms. The van der Waals surface area contributed by atoms with Gasteiger partial charge in [0.15, 0.2) is 0 Å². The van der Waals surface area contributed by atoms with Crippen LogP contribution in [0.3, 0.4) is 0 Å². The Balaban J connectivity index is 2.96. The van der Waals surface area contributed by atoms with Crippen LogP contribution in [0.2, 0.25) is 5.02 Å². The molecule has 1 rings (SSSR count). The summed E-state index contributed by atoms with van der Waals surface area (Å²) in [6.45, 7) is 2.85. The molecule has 1 atom stereocenters. The van der Waals surface area contributed by atoms with E-state index in [1.165, 1.54) is 13.2 Å². The molecule has 142 valence electrons. The number of hydrogen-bond donors (Lipinski definition) is 1. The van der Waals surface area contributed by atoms with Crippen LogP contribution in [0.1, 0.15) is 13.3 Å². The fraction of sp³-hybridized carbons (Fsp3) is 0.562. The van der Waals surface area contributed by atoms with Crippen molar-refractivity contribution >= 4 is 33.2 Å². The van der Waals surface area contributed by atoms with E-state index in [9.17, 15) is 13.2 Å². The van der Waals surface area contributed by atoms with Gasteiger partial charge in [-0.05, 0) is 52.2 Å². The molecule has 1 aromatic rings. The van der Waals surface area contributed by atoms with Crippen molar-refractivity contribution < 1.29 is 17.9 Å². The summed E-state index contributed by atoms with van der Waals surface area (Å²) in [5, 5.41) is 3.04. The van der Waals surface area contributed by atoms with E-state index in [-0.39, 0.29) is 10.9 Å². The van der Waals surface area contributed by atoms with Gasteiger partial charge in [-0.1, -0.05) is 11.6 Å². The Morgan fingerprint density at radius 3 is 2.48 bits per heavy atom. The number of halogens is 1. The molecule has 0 fully saturated rings. The third-order valence-electron chi connectivity index (χ3n) is 3.56. The highest BCUT2D eigenvalue weighted by Crippen LogP contribution is 2.31. The predicted molar refractivity (Wildman–Crippen MR) is 101 cm³/mol. The van der Waals surface area contributed by atoms with E-state index in [1.807, 2.05) is 19.0 Å². The first-order valence-electron chi connectivity index (χ1n) is 7.83. The Labute approximate surface area is 154 Å². The molecule has 0 saturated heterocycles. The van der Waals surface area contributed by atoms with E-state index in [2.05, 4.69) is 5.32 Å². The van der Waals surface area contributed by atoms with Gasteiger partial charge < -0.3 is 15.0 Å². The number of nitrogens with zero attached hydrogens (tertiary/aromatic N) is 2. The lowest BCUT2D eigenvalue weighted by atomic mass is 10.2. The van der Waals surface area contributed by atoms with Crippen molar-refractivity contribution in [2.24, 2.45) is 0 Å². The van der Waals surface area contributed by atoms with Crippen molar-refractivity contribution in [2.45, 2.75) is 19.4 Å². The average Bonchev–Trinajstić information content (AvgIpc) is 2.50. The van der Waals surface area contributed by atoms with Crippen molar-refractivity contribution in [3.05, 3.63) is 23.2 Å². The maximum absolute atomic E-state index is 12.4. The summed E-state index contributed by atoms with van der Waals surface area (Å²) in [5.41, 5.74) is 0.309. The number of amides is 1. The van der Waals surface area contributed by atoms with Crippen molar-refractivity contribution in [3.63, 3.8) is 0 Å². The molecule has 0 heterocycles.